The summed E-state index contributed by atoms with van der Waals surface area (Å²) in [5.74, 6) is 0. The summed E-state index contributed by atoms with van der Waals surface area (Å²) in [6.45, 7) is 7.74. The summed E-state index contributed by atoms with van der Waals surface area (Å²) in [6, 6.07) is 0. The standard InChI is InChI=1S/C9H22NO.CH2O2/c1-4-6-10(3,7-5-2)8-9-11;2-1-3/h11H,4-9H2,1-3H3;1H,(H,2,3)/q+1;. The van der Waals surface area contributed by atoms with Crippen LogP contribution >= 0.6 is 0 Å². The highest BCUT2D eigenvalue weighted by Crippen LogP contribution is 2.04. The minimum Gasteiger partial charge on any atom is -0.483 e. The van der Waals surface area contributed by atoms with Gasteiger partial charge >= 0.3 is 0 Å². The summed E-state index contributed by atoms with van der Waals surface area (Å²) in [7, 11) is 2.23. The van der Waals surface area contributed by atoms with Gasteiger partial charge in [-0.15, -0.1) is 0 Å². The lowest BCUT2D eigenvalue weighted by molar-refractivity contribution is -0.909. The van der Waals surface area contributed by atoms with Crippen LogP contribution in [-0.4, -0.2) is 54.5 Å². The lowest BCUT2D eigenvalue weighted by atomic mass is 10.3. The second-order valence-electron chi connectivity index (χ2n) is 3.62. The van der Waals surface area contributed by atoms with E-state index in [0.29, 0.717) is 6.61 Å². The predicted molar refractivity (Wildman–Crippen MR) is 57.1 cm³/mol. The Labute approximate surface area is 86.7 Å². The Kier molecular flexibility index (Phi) is 11.9. The molecular weight excluding hydrogens is 182 g/mol. The molecule has 0 aliphatic heterocycles. The zero-order chi connectivity index (χ0) is 11.4. The Hall–Kier alpha value is -0.610. The number of aliphatic hydroxyl groups excluding tert-OH is 1. The molecule has 0 amide bonds. The highest BCUT2D eigenvalue weighted by Gasteiger charge is 2.17. The van der Waals surface area contributed by atoms with E-state index in [0.717, 1.165) is 11.0 Å². The molecule has 0 fully saturated rings. The smallest absolute Gasteiger partial charge is 0.290 e. The first kappa shape index (κ1) is 15.8. The van der Waals surface area contributed by atoms with Crippen LogP contribution in [0.15, 0.2) is 0 Å². The van der Waals surface area contributed by atoms with Gasteiger partial charge in [-0.3, -0.25) is 4.79 Å². The Balaban J connectivity index is 0. The minimum atomic E-state index is -0.250. The van der Waals surface area contributed by atoms with Crippen molar-refractivity contribution >= 4 is 6.47 Å². The Morgan fingerprint density at radius 2 is 1.50 bits per heavy atom. The molecule has 0 aromatic heterocycles. The van der Waals surface area contributed by atoms with Gasteiger partial charge in [0.05, 0.1) is 26.7 Å². The first-order chi connectivity index (χ1) is 6.60. The zero-order valence-electron chi connectivity index (χ0n) is 9.57. The largest absolute Gasteiger partial charge is 0.483 e. The van der Waals surface area contributed by atoms with E-state index in [9.17, 15) is 0 Å². The zero-order valence-corrected chi connectivity index (χ0v) is 9.57. The summed E-state index contributed by atoms with van der Waals surface area (Å²) < 4.78 is 1.03. The van der Waals surface area contributed by atoms with Gasteiger partial charge in [-0.1, -0.05) is 13.8 Å². The van der Waals surface area contributed by atoms with Crippen molar-refractivity contribution in [3.8, 4) is 0 Å². The van der Waals surface area contributed by atoms with Crippen molar-refractivity contribution in [1.29, 1.82) is 0 Å². The fourth-order valence-corrected chi connectivity index (χ4v) is 1.66. The molecule has 0 spiro atoms. The number of likely N-dealkylation sites (N-methyl/N-ethyl adjacent to an activating group) is 1. The number of carboxylic acid groups (broad SMARTS) is 1. The summed E-state index contributed by atoms with van der Waals surface area (Å²) in [6.07, 6.45) is 2.41. The number of hydrogen-bond donors (Lipinski definition) is 2. The van der Waals surface area contributed by atoms with Crippen LogP contribution in [0.4, 0.5) is 0 Å². The quantitative estimate of drug-likeness (QED) is 0.502. The van der Waals surface area contributed by atoms with Crippen molar-refractivity contribution in [3.63, 3.8) is 0 Å². The third-order valence-electron chi connectivity index (χ3n) is 2.17. The van der Waals surface area contributed by atoms with Crippen LogP contribution < -0.4 is 0 Å². The Morgan fingerprint density at radius 1 is 1.14 bits per heavy atom. The molecule has 0 heterocycles. The van der Waals surface area contributed by atoms with Crippen LogP contribution in [0, 0.1) is 0 Å². The van der Waals surface area contributed by atoms with Crippen LogP contribution in [0.25, 0.3) is 0 Å². The molecule has 0 aromatic rings. The molecule has 0 saturated carbocycles. The van der Waals surface area contributed by atoms with E-state index in [1.165, 1.54) is 25.9 Å². The van der Waals surface area contributed by atoms with E-state index in [2.05, 4.69) is 20.9 Å². The molecule has 0 rings (SSSR count). The second-order valence-corrected chi connectivity index (χ2v) is 3.62. The fourth-order valence-electron chi connectivity index (χ4n) is 1.66. The van der Waals surface area contributed by atoms with Gasteiger partial charge in [0.15, 0.2) is 0 Å². The molecule has 0 bridgehead atoms. The molecule has 0 aromatic carbocycles. The average molecular weight is 206 g/mol. The summed E-state index contributed by atoms with van der Waals surface area (Å²) >= 11 is 0. The van der Waals surface area contributed by atoms with E-state index < -0.39 is 0 Å². The van der Waals surface area contributed by atoms with Crippen LogP contribution in [0.1, 0.15) is 26.7 Å². The lowest BCUT2D eigenvalue weighted by Gasteiger charge is -2.33. The van der Waals surface area contributed by atoms with Crippen molar-refractivity contribution in [2.45, 2.75) is 26.7 Å². The van der Waals surface area contributed by atoms with E-state index in [1.54, 1.807) is 0 Å². The third-order valence-corrected chi connectivity index (χ3v) is 2.17. The van der Waals surface area contributed by atoms with Crippen LogP contribution in [0.5, 0.6) is 0 Å². The number of carbonyl (C=O) groups is 1. The van der Waals surface area contributed by atoms with Crippen molar-refractivity contribution < 1.29 is 19.5 Å². The predicted octanol–water partition coefficient (Wildman–Crippen LogP) is 0.946. The maximum Gasteiger partial charge on any atom is 0.290 e. The van der Waals surface area contributed by atoms with Crippen LogP contribution in [0.2, 0.25) is 0 Å². The van der Waals surface area contributed by atoms with Crippen LogP contribution in [-0.2, 0) is 4.79 Å². The van der Waals surface area contributed by atoms with Gasteiger partial charge in [-0.25, -0.2) is 0 Å². The highest BCUT2D eigenvalue weighted by atomic mass is 16.3. The molecule has 4 nitrogen and oxygen atoms in total. The van der Waals surface area contributed by atoms with Crippen molar-refractivity contribution in [1.82, 2.24) is 0 Å². The first-order valence-electron chi connectivity index (χ1n) is 5.12. The lowest BCUT2D eigenvalue weighted by Crippen LogP contribution is -2.47. The molecule has 0 unspecified atom stereocenters. The third kappa shape index (κ3) is 9.48. The molecule has 0 aliphatic carbocycles. The molecule has 4 heteroatoms. The molecule has 0 aliphatic rings. The van der Waals surface area contributed by atoms with E-state index >= 15 is 0 Å². The van der Waals surface area contributed by atoms with Gasteiger partial charge in [-0.05, 0) is 12.8 Å². The average Bonchev–Trinajstić information content (AvgIpc) is 2.06. The van der Waals surface area contributed by atoms with E-state index in [4.69, 9.17) is 15.0 Å². The van der Waals surface area contributed by atoms with E-state index in [1.807, 2.05) is 0 Å². The first-order valence-corrected chi connectivity index (χ1v) is 5.12. The molecule has 2 N–H and O–H groups in total. The van der Waals surface area contributed by atoms with Crippen molar-refractivity contribution in [2.75, 3.05) is 33.3 Å². The topological polar surface area (TPSA) is 57.5 Å². The number of hydrogen-bond acceptors (Lipinski definition) is 2. The fraction of sp³-hybridized carbons (Fsp3) is 0.900. The maximum atomic E-state index is 8.84. The van der Waals surface area contributed by atoms with Gasteiger partial charge in [0.25, 0.3) is 6.47 Å². The van der Waals surface area contributed by atoms with Gasteiger partial charge in [0.2, 0.25) is 0 Å². The summed E-state index contributed by atoms with van der Waals surface area (Å²) in [5.41, 5.74) is 0. The van der Waals surface area contributed by atoms with Gasteiger partial charge in [0.1, 0.15) is 6.54 Å². The molecule has 14 heavy (non-hydrogen) atoms. The normalized spacial score (nSPS) is 10.3. The monoisotopic (exact) mass is 206 g/mol. The van der Waals surface area contributed by atoms with Gasteiger partial charge in [-0.2, -0.15) is 0 Å². The molecule has 86 valence electrons. The van der Waals surface area contributed by atoms with Crippen LogP contribution in [0.3, 0.4) is 0 Å². The van der Waals surface area contributed by atoms with Gasteiger partial charge < -0.3 is 14.7 Å². The summed E-state index contributed by atoms with van der Waals surface area (Å²) in [5, 5.41) is 15.7. The highest BCUT2D eigenvalue weighted by molar-refractivity contribution is 5.32. The molecule has 0 saturated heterocycles. The SMILES string of the molecule is CCC[N+](C)(CCC)CCO.O=CO. The Bertz CT molecular complexity index is 112. The minimum absolute atomic E-state index is 0.250. The number of quaternary nitrogens is 1. The second kappa shape index (κ2) is 10.5. The van der Waals surface area contributed by atoms with Gasteiger partial charge in [0, 0.05) is 0 Å². The number of aliphatic hydroxyl groups is 1. The number of rotatable bonds is 6. The van der Waals surface area contributed by atoms with Crippen molar-refractivity contribution in [2.24, 2.45) is 0 Å². The summed E-state index contributed by atoms with van der Waals surface area (Å²) in [4.78, 5) is 8.36. The molecule has 0 atom stereocenters. The maximum absolute atomic E-state index is 8.84. The molecular formula is C10H24NO3+. The Morgan fingerprint density at radius 3 is 1.71 bits per heavy atom. The molecule has 0 radical (unpaired) electrons. The van der Waals surface area contributed by atoms with Crippen molar-refractivity contribution in [3.05, 3.63) is 0 Å². The number of nitrogens with zero attached hydrogens (tertiary/aromatic N) is 1. The van der Waals surface area contributed by atoms with E-state index in [-0.39, 0.29) is 6.47 Å².